The van der Waals surface area contributed by atoms with Crippen LogP contribution in [0.3, 0.4) is 0 Å². The van der Waals surface area contributed by atoms with Gasteiger partial charge in [0.1, 0.15) is 24.6 Å². The minimum atomic E-state index is -3.67. The maximum absolute atomic E-state index is 12.3. The number of Topliss-reactive ketones (excluding diaryl/α,β-unsaturated/α-hetero) is 2. The van der Waals surface area contributed by atoms with E-state index in [0.29, 0.717) is 45.6 Å². The van der Waals surface area contributed by atoms with Crippen molar-refractivity contribution in [2.24, 2.45) is 54.4 Å². The van der Waals surface area contributed by atoms with Crippen molar-refractivity contribution in [3.63, 3.8) is 0 Å². The molecule has 436 valence electrons. The van der Waals surface area contributed by atoms with Gasteiger partial charge in [0, 0.05) is 39.0 Å². The van der Waals surface area contributed by atoms with E-state index in [1.807, 2.05) is 24.3 Å². The maximum atomic E-state index is 12.3. The molecule has 0 saturated heterocycles. The van der Waals surface area contributed by atoms with Crippen LogP contribution >= 0.6 is 23.2 Å². The van der Waals surface area contributed by atoms with Crippen LogP contribution in [-0.2, 0) is 23.0 Å². The van der Waals surface area contributed by atoms with Crippen molar-refractivity contribution in [1.82, 2.24) is 30.6 Å². The van der Waals surface area contributed by atoms with Gasteiger partial charge in [0.25, 0.3) is 10.1 Å². The number of unbranched alkanes of at least 4 members (excludes halogenated alkanes) is 2. The average Bonchev–Trinajstić information content (AvgIpc) is 3.43. The predicted molar refractivity (Wildman–Crippen MR) is 322 cm³/mol. The number of ether oxygens (including phenoxy) is 2. The minimum Gasteiger partial charge on any atom is -0.494 e. The SMILES string of the molecule is CS(=O)(=O)O.NC(N)=NCCCOc1ccc2cc(CCCCNC(N)=NCC(=O)c3nc(Cl)c(N)nc3N)ccc2c1.NC(N)=NCCCOc1ccc2cc(CCCCNC(N)=NCC(=O)c3nc(Cl)c(N)nc3N)ccc2c1. The minimum absolute atomic E-state index is 0.0405. The van der Waals surface area contributed by atoms with Crippen molar-refractivity contribution in [1.29, 1.82) is 0 Å². The standard InChI is InChI=1S/2C25H33ClN10O2.CH4O3S/c2*26-21-23(28)36-22(27)20(35-21)19(37)14-34-25(31)33-9-2-1-4-15-5-6-17-13-18(8-7-16(17)12-15)38-11-3-10-32-24(29)30;1-5(2,3)4/h2*5-8,12-13H,1-4,9-11,14H2,(H4,27,28,36)(H4,29,30,32)(H3,31,33,34);1H3,(H,2,3,4). The monoisotopic (exact) mass is 1180 g/mol. The zero-order valence-corrected chi connectivity index (χ0v) is 47.0. The second-order valence-electron chi connectivity index (χ2n) is 17.7. The van der Waals surface area contributed by atoms with Gasteiger partial charge in [-0.15, -0.1) is 0 Å². The molecule has 0 atom stereocenters. The molecule has 0 bridgehead atoms. The Labute approximate surface area is 478 Å². The fraction of sp³-hybridized carbons (Fsp3) is 0.333. The van der Waals surface area contributed by atoms with Gasteiger partial charge in [0.05, 0.1) is 19.5 Å². The van der Waals surface area contributed by atoms with Crippen LogP contribution in [0.1, 0.15) is 70.6 Å². The molecule has 2 heterocycles. The third kappa shape index (κ3) is 24.9. The van der Waals surface area contributed by atoms with Gasteiger partial charge in [-0.1, -0.05) is 71.7 Å². The highest BCUT2D eigenvalue weighted by atomic mass is 35.5. The second-order valence-corrected chi connectivity index (χ2v) is 19.9. The van der Waals surface area contributed by atoms with Crippen LogP contribution in [0.15, 0.2) is 92.8 Å². The van der Waals surface area contributed by atoms with Gasteiger partial charge in [-0.05, 0) is 95.5 Å². The Morgan fingerprint density at radius 1 is 0.531 bits per heavy atom. The van der Waals surface area contributed by atoms with E-state index >= 15 is 0 Å². The Hall–Kier alpha value is -8.73. The molecule has 30 heteroatoms. The highest BCUT2D eigenvalue weighted by Crippen LogP contribution is 2.25. The molecule has 81 heavy (non-hydrogen) atoms. The summed E-state index contributed by atoms with van der Waals surface area (Å²) in [4.78, 5) is 55.8. The van der Waals surface area contributed by atoms with E-state index in [4.69, 9.17) is 94.6 Å². The number of halogens is 2. The molecule has 27 nitrogen and oxygen atoms in total. The van der Waals surface area contributed by atoms with E-state index in [2.05, 4.69) is 99.1 Å². The number of anilines is 4. The number of rotatable bonds is 26. The van der Waals surface area contributed by atoms with Crippen LogP contribution in [-0.4, -0.2) is 127 Å². The molecule has 4 aromatic carbocycles. The predicted octanol–water partition coefficient (Wildman–Crippen LogP) is 2.70. The van der Waals surface area contributed by atoms with Crippen LogP contribution < -0.4 is 77.4 Å². The molecule has 0 radical (unpaired) electrons. The number of nitrogens with two attached hydrogens (primary N) is 10. The summed E-state index contributed by atoms with van der Waals surface area (Å²) in [5.41, 5.74) is 57.7. The Bertz CT molecular complexity index is 3110. The number of benzene rings is 4. The number of nitrogens with zero attached hydrogens (tertiary/aromatic N) is 8. The van der Waals surface area contributed by atoms with Crippen molar-refractivity contribution in [2.45, 2.75) is 51.4 Å². The topological polar surface area (TPSA) is 492 Å². The molecule has 6 aromatic rings. The number of hydrogen-bond donors (Lipinski definition) is 13. The third-order valence-corrected chi connectivity index (χ3v) is 11.6. The number of ketones is 2. The summed E-state index contributed by atoms with van der Waals surface area (Å²) < 4.78 is 37.4. The number of nitrogens with one attached hydrogen (secondary N) is 2. The summed E-state index contributed by atoms with van der Waals surface area (Å²) >= 11 is 11.6. The van der Waals surface area contributed by atoms with Crippen LogP contribution in [0.2, 0.25) is 10.3 Å². The molecule has 0 unspecified atom stereocenters. The lowest BCUT2D eigenvalue weighted by Gasteiger charge is -2.09. The summed E-state index contributed by atoms with van der Waals surface area (Å²) in [5, 5.41) is 10.4. The van der Waals surface area contributed by atoms with Gasteiger partial charge in [-0.2, -0.15) is 8.42 Å². The van der Waals surface area contributed by atoms with E-state index in [1.54, 1.807) is 0 Å². The lowest BCUT2D eigenvalue weighted by molar-refractivity contribution is 0.0990. The van der Waals surface area contributed by atoms with E-state index in [0.717, 1.165) is 84.4 Å². The van der Waals surface area contributed by atoms with Gasteiger partial charge in [-0.3, -0.25) is 24.1 Å². The zero-order valence-electron chi connectivity index (χ0n) is 44.7. The number of guanidine groups is 4. The molecule has 0 fully saturated rings. The molecular weight excluding hydrogens is 1110 g/mol. The van der Waals surface area contributed by atoms with Gasteiger partial charge in [-0.25, -0.2) is 29.9 Å². The largest absolute Gasteiger partial charge is 0.494 e. The van der Waals surface area contributed by atoms with Gasteiger partial charge in [0.2, 0.25) is 11.6 Å². The lowest BCUT2D eigenvalue weighted by Crippen LogP contribution is -2.33. The molecule has 0 aliphatic heterocycles. The number of nitrogen functional groups attached to an aromatic ring is 4. The number of aryl methyl sites for hydroxylation is 2. The molecule has 0 saturated carbocycles. The van der Waals surface area contributed by atoms with Gasteiger partial charge < -0.3 is 77.4 Å². The summed E-state index contributed by atoms with van der Waals surface area (Å²) in [6.45, 7) is 2.94. The molecule has 2 aromatic heterocycles. The highest BCUT2D eigenvalue weighted by molar-refractivity contribution is 7.85. The Balaban J connectivity index is 0.000000321. The van der Waals surface area contributed by atoms with Crippen molar-refractivity contribution in [3.05, 3.63) is 106 Å². The smallest absolute Gasteiger partial charge is 0.261 e. The number of fused-ring (bicyclic) bond motifs is 2. The Morgan fingerprint density at radius 3 is 1.26 bits per heavy atom. The summed E-state index contributed by atoms with van der Waals surface area (Å²) in [6.07, 6.45) is 7.70. The quantitative estimate of drug-likeness (QED) is 0.0122. The maximum Gasteiger partial charge on any atom is 0.261 e. The summed E-state index contributed by atoms with van der Waals surface area (Å²) in [7, 11) is -3.67. The fourth-order valence-electron chi connectivity index (χ4n) is 7.17. The van der Waals surface area contributed by atoms with E-state index in [1.165, 1.54) is 11.1 Å². The number of aromatic nitrogens is 4. The molecule has 6 rings (SSSR count). The second kappa shape index (κ2) is 33.0. The van der Waals surface area contributed by atoms with E-state index in [-0.39, 0.29) is 81.9 Å². The third-order valence-electron chi connectivity index (χ3n) is 11.0. The average molecular weight is 1180 g/mol. The van der Waals surface area contributed by atoms with Crippen molar-refractivity contribution in [3.8, 4) is 11.5 Å². The number of carbonyl (C=O) groups is 2. The first-order valence-corrected chi connectivity index (χ1v) is 27.7. The van der Waals surface area contributed by atoms with E-state index < -0.39 is 21.7 Å². The summed E-state index contributed by atoms with van der Waals surface area (Å²) in [5.74, 6) is 0.932. The fourth-order valence-corrected chi connectivity index (χ4v) is 7.43. The Morgan fingerprint density at radius 2 is 0.889 bits per heavy atom. The first kappa shape index (κ1) is 64.8. The van der Waals surface area contributed by atoms with Crippen molar-refractivity contribution >= 4 is 114 Å². The normalized spacial score (nSPS) is 11.4. The van der Waals surface area contributed by atoms with Crippen molar-refractivity contribution < 1.29 is 32.0 Å². The molecule has 0 amide bonds. The van der Waals surface area contributed by atoms with Crippen LogP contribution in [0, 0.1) is 0 Å². The molecule has 23 N–H and O–H groups in total. The van der Waals surface area contributed by atoms with Gasteiger partial charge in [0.15, 0.2) is 68.8 Å². The number of carbonyl (C=O) groups excluding carboxylic acids is 2. The molecule has 0 aliphatic carbocycles. The highest BCUT2D eigenvalue weighted by Gasteiger charge is 2.17. The first-order chi connectivity index (χ1) is 38.4. The first-order valence-electron chi connectivity index (χ1n) is 25.1. The van der Waals surface area contributed by atoms with Crippen LogP contribution in [0.25, 0.3) is 21.5 Å². The number of aliphatic imine (C=N–C) groups is 4. The number of hydrogen-bond acceptors (Lipinski definition) is 18. The molecule has 0 spiro atoms. The summed E-state index contributed by atoms with van der Waals surface area (Å²) in [6, 6.07) is 24.9. The van der Waals surface area contributed by atoms with Crippen LogP contribution in [0.5, 0.6) is 11.5 Å². The van der Waals surface area contributed by atoms with E-state index in [9.17, 15) is 18.0 Å². The molecule has 0 aliphatic rings. The van der Waals surface area contributed by atoms with Gasteiger partial charge >= 0.3 is 0 Å². The lowest BCUT2D eigenvalue weighted by atomic mass is 10.0. The molecular formula is C51H70Cl2N20O7S. The van der Waals surface area contributed by atoms with Crippen LogP contribution in [0.4, 0.5) is 23.3 Å². The van der Waals surface area contributed by atoms with Crippen molar-refractivity contribution in [2.75, 3.05) is 81.7 Å². The zero-order chi connectivity index (χ0) is 59.5. The Kier molecular flexibility index (Phi) is 26.4.